The zero-order chi connectivity index (χ0) is 16.4. The van der Waals surface area contributed by atoms with Crippen LogP contribution in [0.25, 0.3) is 0 Å². The van der Waals surface area contributed by atoms with Crippen LogP contribution in [-0.4, -0.2) is 16.8 Å². The lowest BCUT2D eigenvalue weighted by Gasteiger charge is -2.10. The van der Waals surface area contributed by atoms with Crippen LogP contribution >= 0.6 is 0 Å². The first-order valence-electron chi connectivity index (χ1n) is 6.82. The van der Waals surface area contributed by atoms with E-state index in [9.17, 15) is 9.90 Å². The fraction of sp³-hybridized carbons (Fsp3) is 0.312. The molecule has 116 valence electrons. The molecule has 2 rings (SSSR count). The van der Waals surface area contributed by atoms with Gasteiger partial charge in [0.15, 0.2) is 11.6 Å². The second-order valence-electron chi connectivity index (χ2n) is 5.14. The molecule has 6 nitrogen and oxygen atoms in total. The van der Waals surface area contributed by atoms with Crippen molar-refractivity contribution in [3.05, 3.63) is 45.2 Å². The summed E-state index contributed by atoms with van der Waals surface area (Å²) in [5.41, 5.74) is 2.64. The Morgan fingerprint density at radius 1 is 1.14 bits per heavy atom. The van der Waals surface area contributed by atoms with Crippen molar-refractivity contribution in [1.82, 2.24) is 4.57 Å². The van der Waals surface area contributed by atoms with Crippen molar-refractivity contribution >= 4 is 11.4 Å². The van der Waals surface area contributed by atoms with Gasteiger partial charge in [0.1, 0.15) is 5.75 Å². The quantitative estimate of drug-likeness (QED) is 0.882. The number of azo groups is 1. The van der Waals surface area contributed by atoms with Crippen LogP contribution in [0.1, 0.15) is 16.7 Å². The van der Waals surface area contributed by atoms with Gasteiger partial charge in [0.05, 0.1) is 12.8 Å². The third-order valence-electron chi connectivity index (χ3n) is 3.74. The van der Waals surface area contributed by atoms with Crippen LogP contribution in [0.15, 0.2) is 33.2 Å². The zero-order valence-electron chi connectivity index (χ0n) is 13.3. The fourth-order valence-electron chi connectivity index (χ4n) is 2.10. The summed E-state index contributed by atoms with van der Waals surface area (Å²) in [5.74, 6) is 0.686. The van der Waals surface area contributed by atoms with E-state index in [0.29, 0.717) is 16.8 Å². The molecule has 0 amide bonds. The summed E-state index contributed by atoms with van der Waals surface area (Å²) in [4.78, 5) is 12.2. The van der Waals surface area contributed by atoms with Crippen LogP contribution in [0.5, 0.6) is 11.6 Å². The second-order valence-corrected chi connectivity index (χ2v) is 5.14. The highest BCUT2D eigenvalue weighted by atomic mass is 16.5. The largest absolute Gasteiger partial charge is 0.497 e. The number of aryl methyl sites for hydroxylation is 1. The third kappa shape index (κ3) is 2.72. The molecule has 0 radical (unpaired) electrons. The Morgan fingerprint density at radius 3 is 2.41 bits per heavy atom. The Kier molecular flexibility index (Phi) is 4.30. The first-order chi connectivity index (χ1) is 10.4. The van der Waals surface area contributed by atoms with Gasteiger partial charge in [-0.1, -0.05) is 0 Å². The molecule has 22 heavy (non-hydrogen) atoms. The lowest BCUT2D eigenvalue weighted by atomic mass is 10.1. The van der Waals surface area contributed by atoms with Gasteiger partial charge in [0.2, 0.25) is 0 Å². The van der Waals surface area contributed by atoms with E-state index in [0.717, 1.165) is 15.9 Å². The molecule has 0 saturated carbocycles. The summed E-state index contributed by atoms with van der Waals surface area (Å²) in [6.45, 7) is 5.37. The van der Waals surface area contributed by atoms with E-state index in [4.69, 9.17) is 4.74 Å². The predicted octanol–water partition coefficient (Wildman–Crippen LogP) is 3.44. The second kappa shape index (κ2) is 6.01. The number of pyridine rings is 1. The maximum absolute atomic E-state index is 12.2. The monoisotopic (exact) mass is 301 g/mol. The van der Waals surface area contributed by atoms with E-state index in [1.807, 2.05) is 13.0 Å². The number of ether oxygens (including phenoxy) is 1. The predicted molar refractivity (Wildman–Crippen MR) is 84.7 cm³/mol. The van der Waals surface area contributed by atoms with Gasteiger partial charge in [-0.05, 0) is 50.1 Å². The van der Waals surface area contributed by atoms with Gasteiger partial charge in [-0.2, -0.15) is 5.11 Å². The Bertz CT molecular complexity index is 807. The number of hydrogen-bond acceptors (Lipinski definition) is 5. The summed E-state index contributed by atoms with van der Waals surface area (Å²) in [5, 5.41) is 18.1. The van der Waals surface area contributed by atoms with Crippen LogP contribution in [0.4, 0.5) is 11.4 Å². The molecule has 0 bridgehead atoms. The fourth-order valence-corrected chi connectivity index (χ4v) is 2.10. The minimum Gasteiger partial charge on any atom is -0.497 e. The summed E-state index contributed by atoms with van der Waals surface area (Å²) in [6, 6.07) is 5.42. The minimum atomic E-state index is -0.379. The average Bonchev–Trinajstić information content (AvgIpc) is 2.52. The molecular weight excluding hydrogens is 282 g/mol. The van der Waals surface area contributed by atoms with E-state index in [-0.39, 0.29) is 17.1 Å². The van der Waals surface area contributed by atoms with Crippen LogP contribution in [0, 0.1) is 20.8 Å². The number of rotatable bonds is 3. The van der Waals surface area contributed by atoms with Gasteiger partial charge in [0, 0.05) is 12.6 Å². The molecule has 1 N–H and O–H groups in total. The number of benzene rings is 1. The number of hydrogen-bond donors (Lipinski definition) is 1. The molecule has 0 unspecified atom stereocenters. The van der Waals surface area contributed by atoms with Crippen molar-refractivity contribution in [3.63, 3.8) is 0 Å². The molecule has 0 aliphatic rings. The Hall–Kier alpha value is -2.63. The molecule has 1 aromatic carbocycles. The molecule has 0 aliphatic carbocycles. The van der Waals surface area contributed by atoms with E-state index < -0.39 is 0 Å². The van der Waals surface area contributed by atoms with Crippen molar-refractivity contribution in [2.75, 3.05) is 7.11 Å². The van der Waals surface area contributed by atoms with Crippen LogP contribution in [0.2, 0.25) is 0 Å². The lowest BCUT2D eigenvalue weighted by Crippen LogP contribution is -2.18. The molecule has 6 heteroatoms. The number of aromatic hydroxyl groups is 1. The van der Waals surface area contributed by atoms with Crippen LogP contribution in [-0.2, 0) is 7.05 Å². The van der Waals surface area contributed by atoms with Crippen molar-refractivity contribution in [2.45, 2.75) is 20.8 Å². The highest BCUT2D eigenvalue weighted by molar-refractivity contribution is 5.52. The van der Waals surface area contributed by atoms with Crippen molar-refractivity contribution in [2.24, 2.45) is 17.3 Å². The summed E-state index contributed by atoms with van der Waals surface area (Å²) >= 11 is 0. The Morgan fingerprint density at radius 2 is 1.82 bits per heavy atom. The number of methoxy groups -OCH3 is 1. The average molecular weight is 301 g/mol. The maximum atomic E-state index is 12.2. The number of aromatic nitrogens is 1. The normalized spacial score (nSPS) is 11.1. The molecular formula is C16H19N3O3. The van der Waals surface area contributed by atoms with Crippen molar-refractivity contribution in [1.29, 1.82) is 0 Å². The zero-order valence-corrected chi connectivity index (χ0v) is 13.3. The standard InChI is InChI=1S/C16H19N3O3/c1-9-8-12(22-5)6-7-13(9)17-18-14-10(2)11(3)15(20)19(4)16(14)21/h6-8,20H,1-5H3. The first-order valence-corrected chi connectivity index (χ1v) is 6.82. The van der Waals surface area contributed by atoms with Gasteiger partial charge < -0.3 is 9.84 Å². The Labute approximate surface area is 128 Å². The Balaban J connectivity index is 2.50. The van der Waals surface area contributed by atoms with E-state index in [1.165, 1.54) is 7.05 Å². The third-order valence-corrected chi connectivity index (χ3v) is 3.74. The summed E-state index contributed by atoms with van der Waals surface area (Å²) in [7, 11) is 3.10. The summed E-state index contributed by atoms with van der Waals surface area (Å²) in [6.07, 6.45) is 0. The molecule has 1 aromatic heterocycles. The molecule has 1 heterocycles. The van der Waals surface area contributed by atoms with E-state index in [2.05, 4.69) is 10.2 Å². The lowest BCUT2D eigenvalue weighted by molar-refractivity contribution is 0.414. The van der Waals surface area contributed by atoms with Gasteiger partial charge in [-0.15, -0.1) is 5.11 Å². The minimum absolute atomic E-state index is 0.0536. The van der Waals surface area contributed by atoms with E-state index >= 15 is 0 Å². The summed E-state index contributed by atoms with van der Waals surface area (Å²) < 4.78 is 6.31. The highest BCUT2D eigenvalue weighted by Gasteiger charge is 2.14. The van der Waals surface area contributed by atoms with Crippen molar-refractivity contribution in [3.8, 4) is 11.6 Å². The smallest absolute Gasteiger partial charge is 0.281 e. The molecule has 0 fully saturated rings. The molecule has 0 aliphatic heterocycles. The maximum Gasteiger partial charge on any atom is 0.281 e. The molecule has 2 aromatic rings. The molecule has 0 saturated heterocycles. The van der Waals surface area contributed by atoms with Gasteiger partial charge >= 0.3 is 0 Å². The molecule has 0 spiro atoms. The van der Waals surface area contributed by atoms with Gasteiger partial charge in [0.25, 0.3) is 5.56 Å². The SMILES string of the molecule is COc1ccc(N=Nc2c(C)c(C)c(O)n(C)c2=O)c(C)c1. The van der Waals surface area contributed by atoms with Crippen LogP contribution < -0.4 is 10.3 Å². The molecule has 0 atom stereocenters. The number of nitrogens with zero attached hydrogens (tertiary/aromatic N) is 3. The van der Waals surface area contributed by atoms with Gasteiger partial charge in [-0.3, -0.25) is 9.36 Å². The van der Waals surface area contributed by atoms with Gasteiger partial charge in [-0.25, -0.2) is 0 Å². The topological polar surface area (TPSA) is 76.2 Å². The van der Waals surface area contributed by atoms with E-state index in [1.54, 1.807) is 33.1 Å². The van der Waals surface area contributed by atoms with Crippen LogP contribution in [0.3, 0.4) is 0 Å². The first kappa shape index (κ1) is 15.8. The van der Waals surface area contributed by atoms with Crippen molar-refractivity contribution < 1.29 is 9.84 Å². The highest BCUT2D eigenvalue weighted by Crippen LogP contribution is 2.28.